The van der Waals surface area contributed by atoms with Crippen LogP contribution in [0.3, 0.4) is 0 Å². The van der Waals surface area contributed by atoms with Crippen LogP contribution in [0.4, 0.5) is 0 Å². The lowest BCUT2D eigenvalue weighted by Gasteiger charge is -2.17. The molecule has 0 spiro atoms. The molecular weight excluding hydrogens is 553 g/mol. The van der Waals surface area contributed by atoms with Gasteiger partial charge in [0.1, 0.15) is 0 Å². The van der Waals surface area contributed by atoms with Crippen molar-refractivity contribution in [1.29, 1.82) is 0 Å². The number of fused-ring (bicyclic) bond motifs is 6. The zero-order valence-corrected chi connectivity index (χ0v) is 25.3. The summed E-state index contributed by atoms with van der Waals surface area (Å²) in [6.45, 7) is 0. The van der Waals surface area contributed by atoms with E-state index in [0.29, 0.717) is 0 Å². The molecule has 0 aliphatic carbocycles. The Bertz CT molecular complexity index is 2500. The predicted molar refractivity (Wildman–Crippen MR) is 198 cm³/mol. The van der Waals surface area contributed by atoms with Crippen molar-refractivity contribution in [3.8, 4) is 44.5 Å². The van der Waals surface area contributed by atoms with Crippen molar-refractivity contribution in [2.75, 3.05) is 0 Å². The summed E-state index contributed by atoms with van der Waals surface area (Å²) in [4.78, 5) is 0. The largest absolute Gasteiger partial charge is 0.0622 e. The van der Waals surface area contributed by atoms with Gasteiger partial charge in [-0.05, 0) is 124 Å². The number of rotatable bonds is 4. The Morgan fingerprint density at radius 3 is 1.26 bits per heavy atom. The van der Waals surface area contributed by atoms with Crippen molar-refractivity contribution in [2.24, 2.45) is 0 Å². The smallest absolute Gasteiger partial charge is 0.00259 e. The van der Waals surface area contributed by atoms with Crippen molar-refractivity contribution in [3.63, 3.8) is 0 Å². The SMILES string of the molecule is c1ccc(-c2cc(-c3ccccc3)cc(-c3cc4cc(-c5ccc6ccccc6c5)c5ccccc5c4c4ccccc34)c2)cc1. The van der Waals surface area contributed by atoms with E-state index in [1.807, 2.05) is 0 Å². The third-order valence-corrected chi connectivity index (χ3v) is 9.38. The van der Waals surface area contributed by atoms with Crippen molar-refractivity contribution in [2.45, 2.75) is 0 Å². The Hall–Kier alpha value is -5.98. The Morgan fingerprint density at radius 2 is 0.674 bits per heavy atom. The van der Waals surface area contributed by atoms with Gasteiger partial charge in [-0.2, -0.15) is 0 Å². The first kappa shape index (κ1) is 26.4. The predicted octanol–water partition coefficient (Wildman–Crippen LogP) is 13.0. The number of hydrogen-bond donors (Lipinski definition) is 0. The zero-order chi connectivity index (χ0) is 30.5. The van der Waals surface area contributed by atoms with Crippen LogP contribution in [0.1, 0.15) is 0 Å². The van der Waals surface area contributed by atoms with E-state index in [1.54, 1.807) is 0 Å². The molecule has 214 valence electrons. The molecule has 0 atom stereocenters. The van der Waals surface area contributed by atoms with Crippen molar-refractivity contribution in [1.82, 2.24) is 0 Å². The van der Waals surface area contributed by atoms with Gasteiger partial charge in [0.25, 0.3) is 0 Å². The van der Waals surface area contributed by atoms with E-state index in [0.717, 1.165) is 0 Å². The lowest BCUT2D eigenvalue weighted by atomic mass is 9.86. The van der Waals surface area contributed by atoms with Crippen LogP contribution in [0, 0.1) is 0 Å². The summed E-state index contributed by atoms with van der Waals surface area (Å²) >= 11 is 0. The van der Waals surface area contributed by atoms with Gasteiger partial charge in [0.15, 0.2) is 0 Å². The maximum absolute atomic E-state index is 2.42. The number of hydrogen-bond acceptors (Lipinski definition) is 0. The van der Waals surface area contributed by atoms with E-state index < -0.39 is 0 Å². The highest BCUT2D eigenvalue weighted by atomic mass is 14.2. The van der Waals surface area contributed by atoms with Crippen LogP contribution < -0.4 is 0 Å². The molecule has 0 saturated carbocycles. The molecule has 0 aliphatic heterocycles. The van der Waals surface area contributed by atoms with Crippen LogP contribution in [0.25, 0.3) is 87.6 Å². The van der Waals surface area contributed by atoms with Gasteiger partial charge in [0.05, 0.1) is 0 Å². The van der Waals surface area contributed by atoms with E-state index in [1.165, 1.54) is 87.6 Å². The van der Waals surface area contributed by atoms with Gasteiger partial charge in [0, 0.05) is 0 Å². The first-order valence-electron chi connectivity index (χ1n) is 15.9. The maximum atomic E-state index is 2.42. The summed E-state index contributed by atoms with van der Waals surface area (Å²) in [6, 6.07) is 66.6. The van der Waals surface area contributed by atoms with Crippen LogP contribution in [0.15, 0.2) is 182 Å². The van der Waals surface area contributed by atoms with Crippen molar-refractivity contribution < 1.29 is 0 Å². The van der Waals surface area contributed by atoms with E-state index in [9.17, 15) is 0 Å². The van der Waals surface area contributed by atoms with E-state index >= 15 is 0 Å². The molecule has 0 heterocycles. The second-order valence-corrected chi connectivity index (χ2v) is 12.1. The molecule has 0 bridgehead atoms. The van der Waals surface area contributed by atoms with Gasteiger partial charge in [-0.15, -0.1) is 0 Å². The van der Waals surface area contributed by atoms with Crippen LogP contribution in [0.5, 0.6) is 0 Å². The Kier molecular flexibility index (Phi) is 6.25. The first-order chi connectivity index (χ1) is 22.8. The Labute approximate surface area is 268 Å². The van der Waals surface area contributed by atoms with Gasteiger partial charge in [-0.1, -0.05) is 146 Å². The van der Waals surface area contributed by atoms with Crippen LogP contribution in [-0.4, -0.2) is 0 Å². The highest BCUT2D eigenvalue weighted by molar-refractivity contribution is 6.26. The molecule has 0 amide bonds. The summed E-state index contributed by atoms with van der Waals surface area (Å²) in [5, 5.41) is 10.2. The average Bonchev–Trinajstić information content (AvgIpc) is 3.14. The Morgan fingerprint density at radius 1 is 0.217 bits per heavy atom. The van der Waals surface area contributed by atoms with Gasteiger partial charge in [0.2, 0.25) is 0 Å². The van der Waals surface area contributed by atoms with Gasteiger partial charge in [-0.3, -0.25) is 0 Å². The molecular formula is C46H30. The van der Waals surface area contributed by atoms with E-state index in [2.05, 4.69) is 182 Å². The first-order valence-corrected chi connectivity index (χ1v) is 15.9. The molecule has 0 aromatic heterocycles. The summed E-state index contributed by atoms with van der Waals surface area (Å²) < 4.78 is 0. The molecule has 0 saturated heterocycles. The summed E-state index contributed by atoms with van der Waals surface area (Å²) in [6.07, 6.45) is 0. The molecule has 9 rings (SSSR count). The molecule has 9 aromatic carbocycles. The second kappa shape index (κ2) is 10.9. The fourth-order valence-corrected chi connectivity index (χ4v) is 7.19. The van der Waals surface area contributed by atoms with E-state index in [4.69, 9.17) is 0 Å². The third-order valence-electron chi connectivity index (χ3n) is 9.38. The highest BCUT2D eigenvalue weighted by Crippen LogP contribution is 2.43. The third kappa shape index (κ3) is 4.47. The van der Waals surface area contributed by atoms with E-state index in [-0.39, 0.29) is 0 Å². The zero-order valence-electron chi connectivity index (χ0n) is 25.3. The highest BCUT2D eigenvalue weighted by Gasteiger charge is 2.16. The van der Waals surface area contributed by atoms with Gasteiger partial charge < -0.3 is 0 Å². The van der Waals surface area contributed by atoms with Crippen molar-refractivity contribution in [3.05, 3.63) is 182 Å². The number of benzene rings is 9. The van der Waals surface area contributed by atoms with Crippen molar-refractivity contribution >= 4 is 43.1 Å². The minimum atomic E-state index is 1.22. The Balaban J connectivity index is 1.36. The standard InChI is InChI=1S/C46H30/c1-3-13-31(14-4-1)36-26-37(32-15-5-2-6-16-32)28-38(27-36)45-30-39-29-44(35-24-23-33-17-7-8-18-34(33)25-35)40-19-9-11-21-42(40)46(39)43-22-12-10-20-41(43)45/h1-30H. The maximum Gasteiger partial charge on any atom is -0.00259 e. The van der Waals surface area contributed by atoms with Crippen LogP contribution in [0.2, 0.25) is 0 Å². The fourth-order valence-electron chi connectivity index (χ4n) is 7.19. The van der Waals surface area contributed by atoms with Gasteiger partial charge in [-0.25, -0.2) is 0 Å². The van der Waals surface area contributed by atoms with Gasteiger partial charge >= 0.3 is 0 Å². The van der Waals surface area contributed by atoms with Crippen LogP contribution >= 0.6 is 0 Å². The molecule has 0 nitrogen and oxygen atoms in total. The quantitative estimate of drug-likeness (QED) is 0.181. The summed E-state index contributed by atoms with van der Waals surface area (Å²) in [7, 11) is 0. The topological polar surface area (TPSA) is 0 Å². The minimum Gasteiger partial charge on any atom is -0.0622 e. The molecule has 0 unspecified atom stereocenters. The summed E-state index contributed by atoms with van der Waals surface area (Å²) in [5.74, 6) is 0. The summed E-state index contributed by atoms with van der Waals surface area (Å²) in [5.41, 5.74) is 9.85. The average molecular weight is 583 g/mol. The normalized spacial score (nSPS) is 11.5. The monoisotopic (exact) mass is 582 g/mol. The molecule has 0 heteroatoms. The lowest BCUT2D eigenvalue weighted by Crippen LogP contribution is -1.90. The van der Waals surface area contributed by atoms with Crippen LogP contribution in [-0.2, 0) is 0 Å². The minimum absolute atomic E-state index is 1.22. The molecule has 0 N–H and O–H groups in total. The molecule has 0 fully saturated rings. The lowest BCUT2D eigenvalue weighted by molar-refractivity contribution is 1.58. The fraction of sp³-hybridized carbons (Fsp3) is 0. The molecule has 46 heavy (non-hydrogen) atoms. The molecule has 0 radical (unpaired) electrons. The second-order valence-electron chi connectivity index (χ2n) is 12.1. The molecule has 0 aliphatic rings. The molecule has 9 aromatic rings.